The zero-order valence-corrected chi connectivity index (χ0v) is 21.0. The number of hydrogen-bond acceptors (Lipinski definition) is 9. The van der Waals surface area contributed by atoms with Crippen LogP contribution >= 0.6 is 0 Å². The van der Waals surface area contributed by atoms with E-state index in [1.807, 2.05) is 48.5 Å². The molecule has 0 aromatic carbocycles. The first-order valence-electron chi connectivity index (χ1n) is 10.9. The van der Waals surface area contributed by atoms with Gasteiger partial charge in [-0.1, -0.05) is 6.92 Å². The first-order chi connectivity index (χ1) is 14.7. The zero-order chi connectivity index (χ0) is 24.8. The van der Waals surface area contributed by atoms with Crippen molar-refractivity contribution in [3.63, 3.8) is 0 Å². The number of ether oxygens (including phenoxy) is 6. The number of hydrogen-bond donors (Lipinski definition) is 0. The molecular formula is C23H42O9. The summed E-state index contributed by atoms with van der Waals surface area (Å²) in [5, 5.41) is 0. The van der Waals surface area contributed by atoms with Crippen LogP contribution in [0.3, 0.4) is 0 Å². The lowest BCUT2D eigenvalue weighted by Gasteiger charge is -2.29. The highest BCUT2D eigenvalue weighted by Gasteiger charge is 2.27. The molecule has 0 amide bonds. The summed E-state index contributed by atoms with van der Waals surface area (Å²) in [7, 11) is 1.32. The second-order valence-electron chi connectivity index (χ2n) is 9.97. The van der Waals surface area contributed by atoms with E-state index in [-0.39, 0.29) is 76.8 Å². The van der Waals surface area contributed by atoms with Crippen LogP contribution in [0.4, 0.5) is 0 Å². The summed E-state index contributed by atoms with van der Waals surface area (Å²) >= 11 is 0. The Kier molecular flexibility index (Phi) is 13.7. The van der Waals surface area contributed by atoms with Gasteiger partial charge in [-0.05, 0) is 41.5 Å². The van der Waals surface area contributed by atoms with Crippen molar-refractivity contribution in [2.75, 3.05) is 46.8 Å². The van der Waals surface area contributed by atoms with Gasteiger partial charge in [-0.15, -0.1) is 0 Å². The highest BCUT2D eigenvalue weighted by atomic mass is 16.6. The third-order valence-electron chi connectivity index (χ3n) is 3.77. The predicted octanol–water partition coefficient (Wildman–Crippen LogP) is 3.07. The maximum atomic E-state index is 11.8. The van der Waals surface area contributed by atoms with Crippen LogP contribution in [0.1, 0.15) is 67.7 Å². The quantitative estimate of drug-likeness (QED) is 0.206. The summed E-state index contributed by atoms with van der Waals surface area (Å²) in [4.78, 5) is 34.9. The van der Waals surface area contributed by atoms with Crippen LogP contribution < -0.4 is 0 Å². The number of rotatable bonds is 15. The van der Waals surface area contributed by atoms with E-state index < -0.39 is 16.6 Å². The van der Waals surface area contributed by atoms with E-state index in [0.717, 1.165) is 0 Å². The lowest BCUT2D eigenvalue weighted by Crippen LogP contribution is -2.35. The van der Waals surface area contributed by atoms with Crippen molar-refractivity contribution >= 4 is 17.9 Å². The molecule has 0 unspecified atom stereocenters. The molecule has 0 aromatic rings. The largest absolute Gasteiger partial charge is 0.469 e. The minimum Gasteiger partial charge on any atom is -0.469 e. The fourth-order valence-corrected chi connectivity index (χ4v) is 2.43. The van der Waals surface area contributed by atoms with E-state index in [2.05, 4.69) is 4.74 Å². The normalized spacial score (nSPS) is 12.4. The van der Waals surface area contributed by atoms with Crippen molar-refractivity contribution in [2.24, 2.45) is 5.41 Å². The number of carbonyl (C=O) groups is 3. The zero-order valence-electron chi connectivity index (χ0n) is 21.0. The van der Waals surface area contributed by atoms with E-state index in [4.69, 9.17) is 23.7 Å². The van der Waals surface area contributed by atoms with Gasteiger partial charge in [0.15, 0.2) is 0 Å². The van der Waals surface area contributed by atoms with Gasteiger partial charge >= 0.3 is 17.9 Å². The standard InChI is InChI=1S/C23H42O9/c1-21(2,3)31-19(25)10-13-29-16-23(7,15-28-12-9-18(24)27-8)17-30-14-11-20(26)32-22(4,5)6/h9-17H2,1-8H3. The van der Waals surface area contributed by atoms with Crippen molar-refractivity contribution in [1.82, 2.24) is 0 Å². The summed E-state index contributed by atoms with van der Waals surface area (Å²) < 4.78 is 32.1. The van der Waals surface area contributed by atoms with Crippen molar-refractivity contribution in [1.29, 1.82) is 0 Å². The lowest BCUT2D eigenvalue weighted by molar-refractivity contribution is -0.157. The van der Waals surface area contributed by atoms with Crippen LogP contribution in [0.25, 0.3) is 0 Å². The van der Waals surface area contributed by atoms with Crippen LogP contribution in [0.15, 0.2) is 0 Å². The summed E-state index contributed by atoms with van der Waals surface area (Å²) in [6, 6.07) is 0. The Labute approximate surface area is 192 Å². The van der Waals surface area contributed by atoms with Crippen LogP contribution in [0.2, 0.25) is 0 Å². The predicted molar refractivity (Wildman–Crippen MR) is 118 cm³/mol. The van der Waals surface area contributed by atoms with Gasteiger partial charge < -0.3 is 28.4 Å². The topological polar surface area (TPSA) is 107 Å². The van der Waals surface area contributed by atoms with Crippen molar-refractivity contribution in [3.8, 4) is 0 Å². The highest BCUT2D eigenvalue weighted by Crippen LogP contribution is 2.19. The molecule has 0 aliphatic heterocycles. The second kappa shape index (κ2) is 14.4. The molecule has 9 nitrogen and oxygen atoms in total. The highest BCUT2D eigenvalue weighted by molar-refractivity contribution is 5.70. The van der Waals surface area contributed by atoms with Gasteiger partial charge in [0.2, 0.25) is 0 Å². The van der Waals surface area contributed by atoms with Crippen LogP contribution in [-0.2, 0) is 42.8 Å². The Hall–Kier alpha value is -1.71. The Bertz CT molecular complexity index is 537. The molecule has 0 bridgehead atoms. The van der Waals surface area contributed by atoms with Crippen LogP contribution in [-0.4, -0.2) is 75.9 Å². The minimum atomic E-state index is -0.544. The minimum absolute atomic E-state index is 0.135. The van der Waals surface area contributed by atoms with E-state index in [1.165, 1.54) is 7.11 Å². The maximum absolute atomic E-state index is 11.8. The Balaban J connectivity index is 4.54. The Morgan fingerprint density at radius 3 is 1.16 bits per heavy atom. The van der Waals surface area contributed by atoms with E-state index in [1.54, 1.807) is 0 Å². The first kappa shape index (κ1) is 30.3. The molecule has 0 saturated heterocycles. The molecule has 0 radical (unpaired) electrons. The summed E-state index contributed by atoms with van der Waals surface area (Å²) in [5.74, 6) is -1.02. The molecule has 188 valence electrons. The molecule has 0 aliphatic rings. The SMILES string of the molecule is COC(=O)CCOCC(C)(COCCC(=O)OC(C)(C)C)COCCC(=O)OC(C)(C)C. The van der Waals surface area contributed by atoms with Gasteiger partial charge in [0.05, 0.1) is 66.0 Å². The van der Waals surface area contributed by atoms with Gasteiger partial charge in [0.1, 0.15) is 11.2 Å². The molecule has 9 heteroatoms. The summed E-state index contributed by atoms with van der Waals surface area (Å²) in [6.07, 6.45) is 0.414. The van der Waals surface area contributed by atoms with Crippen molar-refractivity contribution in [3.05, 3.63) is 0 Å². The molecule has 0 N–H and O–H groups in total. The van der Waals surface area contributed by atoms with Gasteiger partial charge in [-0.25, -0.2) is 0 Å². The number of carbonyl (C=O) groups excluding carboxylic acids is 3. The van der Waals surface area contributed by atoms with Gasteiger partial charge in [-0.2, -0.15) is 0 Å². The molecule has 0 saturated carbocycles. The van der Waals surface area contributed by atoms with Gasteiger partial charge in [0.25, 0.3) is 0 Å². The van der Waals surface area contributed by atoms with Crippen molar-refractivity contribution < 1.29 is 42.8 Å². The maximum Gasteiger partial charge on any atom is 0.308 e. The molecule has 32 heavy (non-hydrogen) atoms. The van der Waals surface area contributed by atoms with Crippen LogP contribution in [0, 0.1) is 5.41 Å². The third kappa shape index (κ3) is 17.9. The average Bonchev–Trinajstić information content (AvgIpc) is 2.63. The fourth-order valence-electron chi connectivity index (χ4n) is 2.43. The Morgan fingerprint density at radius 1 is 0.562 bits per heavy atom. The smallest absolute Gasteiger partial charge is 0.308 e. The van der Waals surface area contributed by atoms with Gasteiger partial charge in [0, 0.05) is 5.41 Å². The molecular weight excluding hydrogens is 420 g/mol. The second-order valence-corrected chi connectivity index (χ2v) is 9.97. The fraction of sp³-hybridized carbons (Fsp3) is 0.870. The monoisotopic (exact) mass is 462 g/mol. The molecule has 0 aliphatic carbocycles. The summed E-state index contributed by atoms with van der Waals surface area (Å²) in [6.45, 7) is 14.2. The number of esters is 3. The lowest BCUT2D eigenvalue weighted by atomic mass is 9.94. The molecule has 0 heterocycles. The molecule has 0 atom stereocenters. The summed E-state index contributed by atoms with van der Waals surface area (Å²) in [5.41, 5.74) is -1.62. The molecule has 0 rings (SSSR count). The molecule has 0 spiro atoms. The number of methoxy groups -OCH3 is 1. The van der Waals surface area contributed by atoms with Crippen molar-refractivity contribution in [2.45, 2.75) is 78.9 Å². The van der Waals surface area contributed by atoms with Gasteiger partial charge in [-0.3, -0.25) is 14.4 Å². The molecule has 0 aromatic heterocycles. The van der Waals surface area contributed by atoms with Crippen LogP contribution in [0.5, 0.6) is 0 Å². The Morgan fingerprint density at radius 2 is 0.875 bits per heavy atom. The van der Waals surface area contributed by atoms with E-state index in [9.17, 15) is 14.4 Å². The van der Waals surface area contributed by atoms with E-state index in [0.29, 0.717) is 0 Å². The molecule has 0 fully saturated rings. The first-order valence-corrected chi connectivity index (χ1v) is 10.9. The average molecular weight is 463 g/mol. The van der Waals surface area contributed by atoms with E-state index >= 15 is 0 Å². The third-order valence-corrected chi connectivity index (χ3v) is 3.77.